The number of hydrogen-bond acceptors (Lipinski definition) is 3. The molecule has 0 saturated carbocycles. The zero-order valence-electron chi connectivity index (χ0n) is 8.86. The number of carbonyl (C=O) groups is 1. The van der Waals surface area contributed by atoms with Gasteiger partial charge in [-0.15, -0.1) is 0 Å². The topological polar surface area (TPSA) is 50.7 Å². The first-order valence-corrected chi connectivity index (χ1v) is 4.75. The van der Waals surface area contributed by atoms with Crippen molar-refractivity contribution in [2.45, 2.75) is 13.8 Å². The number of rotatable bonds is 4. The fourth-order valence-electron chi connectivity index (χ4n) is 1.03. The molecular formula is C11H14N2O2. The molecule has 0 aromatic heterocycles. The highest BCUT2D eigenvalue weighted by atomic mass is 16.6. The molecule has 4 nitrogen and oxygen atoms in total. The Labute approximate surface area is 88.9 Å². The van der Waals surface area contributed by atoms with E-state index in [1.807, 2.05) is 31.2 Å². The van der Waals surface area contributed by atoms with Gasteiger partial charge in [0.15, 0.2) is 0 Å². The maximum Gasteiger partial charge on any atom is 0.221 e. The van der Waals surface area contributed by atoms with Crippen molar-refractivity contribution in [2.24, 2.45) is 5.16 Å². The molecule has 1 amide bonds. The lowest BCUT2D eigenvalue weighted by Gasteiger charge is -2.01. The highest BCUT2D eigenvalue weighted by Crippen LogP contribution is 2.07. The Hall–Kier alpha value is -1.84. The van der Waals surface area contributed by atoms with E-state index in [0.717, 1.165) is 11.3 Å². The second-order valence-corrected chi connectivity index (χ2v) is 2.96. The molecule has 0 bridgehead atoms. The van der Waals surface area contributed by atoms with Gasteiger partial charge in [0.1, 0.15) is 6.61 Å². The standard InChI is InChI=1S/C11H14N2O2/c1-3-15-12-8-10-4-6-11(7-5-10)13-9(2)14/h4-8H,3H2,1-2H3,(H,13,14)/b12-8+. The van der Waals surface area contributed by atoms with Gasteiger partial charge < -0.3 is 10.2 Å². The highest BCUT2D eigenvalue weighted by molar-refractivity contribution is 5.89. The summed E-state index contributed by atoms with van der Waals surface area (Å²) in [6, 6.07) is 7.34. The molecule has 0 atom stereocenters. The van der Waals surface area contributed by atoms with Crippen LogP contribution in [0, 0.1) is 0 Å². The lowest BCUT2D eigenvalue weighted by Crippen LogP contribution is -2.05. The van der Waals surface area contributed by atoms with E-state index in [2.05, 4.69) is 10.5 Å². The Kier molecular flexibility index (Phi) is 4.34. The van der Waals surface area contributed by atoms with Crippen molar-refractivity contribution < 1.29 is 9.63 Å². The molecule has 0 heterocycles. The summed E-state index contributed by atoms with van der Waals surface area (Å²) in [7, 11) is 0. The van der Waals surface area contributed by atoms with Gasteiger partial charge in [0.2, 0.25) is 5.91 Å². The van der Waals surface area contributed by atoms with Gasteiger partial charge in [-0.05, 0) is 24.6 Å². The van der Waals surface area contributed by atoms with E-state index in [-0.39, 0.29) is 5.91 Å². The number of carbonyl (C=O) groups excluding carboxylic acids is 1. The number of hydrogen-bond donors (Lipinski definition) is 1. The minimum Gasteiger partial charge on any atom is -0.396 e. The molecule has 80 valence electrons. The van der Waals surface area contributed by atoms with Crippen LogP contribution in [0.1, 0.15) is 19.4 Å². The van der Waals surface area contributed by atoms with Gasteiger partial charge in [-0.1, -0.05) is 17.3 Å². The summed E-state index contributed by atoms with van der Waals surface area (Å²) in [6.07, 6.45) is 1.63. The first-order chi connectivity index (χ1) is 7.22. The summed E-state index contributed by atoms with van der Waals surface area (Å²) in [5, 5.41) is 6.42. The van der Waals surface area contributed by atoms with Crippen LogP contribution in [0.15, 0.2) is 29.4 Å². The minimum atomic E-state index is -0.0780. The van der Waals surface area contributed by atoms with Gasteiger partial charge in [0.25, 0.3) is 0 Å². The van der Waals surface area contributed by atoms with Crippen LogP contribution < -0.4 is 5.32 Å². The summed E-state index contributed by atoms with van der Waals surface area (Å²) in [5.74, 6) is -0.0780. The van der Waals surface area contributed by atoms with Crippen LogP contribution >= 0.6 is 0 Å². The third-order valence-corrected chi connectivity index (χ3v) is 1.64. The van der Waals surface area contributed by atoms with Crippen molar-refractivity contribution in [1.82, 2.24) is 0 Å². The largest absolute Gasteiger partial charge is 0.396 e. The summed E-state index contributed by atoms with van der Waals surface area (Å²) in [5.41, 5.74) is 1.70. The van der Waals surface area contributed by atoms with Crippen LogP contribution in [0.2, 0.25) is 0 Å². The van der Waals surface area contributed by atoms with E-state index in [0.29, 0.717) is 6.61 Å². The molecule has 4 heteroatoms. The molecule has 15 heavy (non-hydrogen) atoms. The Morgan fingerprint density at radius 2 is 2.13 bits per heavy atom. The maximum absolute atomic E-state index is 10.8. The minimum absolute atomic E-state index is 0.0780. The molecule has 0 saturated heterocycles. The predicted octanol–water partition coefficient (Wildman–Crippen LogP) is 2.02. The van der Waals surface area contributed by atoms with Crippen LogP contribution in [-0.2, 0) is 9.63 Å². The van der Waals surface area contributed by atoms with Gasteiger partial charge in [-0.2, -0.15) is 0 Å². The van der Waals surface area contributed by atoms with Crippen molar-refractivity contribution in [3.05, 3.63) is 29.8 Å². The fourth-order valence-corrected chi connectivity index (χ4v) is 1.03. The molecule has 0 aliphatic rings. The first kappa shape index (κ1) is 11.2. The average Bonchev–Trinajstić information content (AvgIpc) is 2.20. The number of oxime groups is 1. The summed E-state index contributed by atoms with van der Waals surface area (Å²) < 4.78 is 0. The van der Waals surface area contributed by atoms with Gasteiger partial charge in [-0.25, -0.2) is 0 Å². The second-order valence-electron chi connectivity index (χ2n) is 2.96. The summed E-state index contributed by atoms with van der Waals surface area (Å²) in [6.45, 7) is 3.90. The van der Waals surface area contributed by atoms with Crippen molar-refractivity contribution in [2.75, 3.05) is 11.9 Å². The van der Waals surface area contributed by atoms with Crippen molar-refractivity contribution >= 4 is 17.8 Å². The maximum atomic E-state index is 10.8. The third kappa shape index (κ3) is 4.26. The molecule has 1 rings (SSSR count). The molecule has 0 aliphatic carbocycles. The molecule has 0 radical (unpaired) electrons. The van der Waals surface area contributed by atoms with Crippen LogP contribution in [0.3, 0.4) is 0 Å². The molecule has 0 spiro atoms. The lowest BCUT2D eigenvalue weighted by molar-refractivity contribution is -0.114. The Bertz CT molecular complexity index is 344. The predicted molar refractivity (Wildman–Crippen MR) is 60.0 cm³/mol. The van der Waals surface area contributed by atoms with E-state index in [1.165, 1.54) is 6.92 Å². The highest BCUT2D eigenvalue weighted by Gasteiger charge is 1.94. The number of benzene rings is 1. The van der Waals surface area contributed by atoms with E-state index < -0.39 is 0 Å². The fraction of sp³-hybridized carbons (Fsp3) is 0.273. The first-order valence-electron chi connectivity index (χ1n) is 4.75. The van der Waals surface area contributed by atoms with Crippen molar-refractivity contribution in [3.63, 3.8) is 0 Å². The number of nitrogens with zero attached hydrogens (tertiary/aromatic N) is 1. The van der Waals surface area contributed by atoms with Crippen LogP contribution in [0.25, 0.3) is 0 Å². The van der Waals surface area contributed by atoms with E-state index in [9.17, 15) is 4.79 Å². The van der Waals surface area contributed by atoms with Crippen molar-refractivity contribution in [3.8, 4) is 0 Å². The number of nitrogens with one attached hydrogen (secondary N) is 1. The Balaban J connectivity index is 2.60. The molecule has 1 aromatic carbocycles. The zero-order chi connectivity index (χ0) is 11.1. The van der Waals surface area contributed by atoms with Gasteiger partial charge in [0, 0.05) is 12.6 Å². The van der Waals surface area contributed by atoms with Crippen LogP contribution in [0.5, 0.6) is 0 Å². The number of amides is 1. The van der Waals surface area contributed by atoms with Crippen molar-refractivity contribution in [1.29, 1.82) is 0 Å². The quantitative estimate of drug-likeness (QED) is 0.605. The molecule has 0 unspecified atom stereocenters. The molecular weight excluding hydrogens is 192 g/mol. The average molecular weight is 206 g/mol. The molecule has 1 N–H and O–H groups in total. The van der Waals surface area contributed by atoms with E-state index in [4.69, 9.17) is 4.84 Å². The normalized spacial score (nSPS) is 10.3. The zero-order valence-corrected chi connectivity index (χ0v) is 8.86. The molecule has 1 aromatic rings. The second kappa shape index (κ2) is 5.80. The molecule has 0 aliphatic heterocycles. The Morgan fingerprint density at radius 1 is 1.47 bits per heavy atom. The number of anilines is 1. The van der Waals surface area contributed by atoms with Gasteiger partial charge >= 0.3 is 0 Å². The van der Waals surface area contributed by atoms with Crippen LogP contribution in [0.4, 0.5) is 5.69 Å². The van der Waals surface area contributed by atoms with Crippen LogP contribution in [-0.4, -0.2) is 18.7 Å². The summed E-state index contributed by atoms with van der Waals surface area (Å²) in [4.78, 5) is 15.6. The Morgan fingerprint density at radius 3 is 2.67 bits per heavy atom. The molecule has 0 fully saturated rings. The smallest absolute Gasteiger partial charge is 0.221 e. The lowest BCUT2D eigenvalue weighted by atomic mass is 10.2. The van der Waals surface area contributed by atoms with Gasteiger partial charge in [-0.3, -0.25) is 4.79 Å². The van der Waals surface area contributed by atoms with E-state index in [1.54, 1.807) is 6.21 Å². The third-order valence-electron chi connectivity index (χ3n) is 1.64. The van der Waals surface area contributed by atoms with Gasteiger partial charge in [0.05, 0.1) is 6.21 Å². The SMILES string of the molecule is CCO/N=C/c1ccc(NC(C)=O)cc1. The summed E-state index contributed by atoms with van der Waals surface area (Å²) >= 11 is 0. The monoisotopic (exact) mass is 206 g/mol. The van der Waals surface area contributed by atoms with E-state index >= 15 is 0 Å².